The number of hydrogen-bond donors (Lipinski definition) is 4. The van der Waals surface area contributed by atoms with E-state index in [1.165, 1.54) is 0 Å². The number of urea groups is 1. The average Bonchev–Trinajstić information content (AvgIpc) is 2.61. The van der Waals surface area contributed by atoms with Gasteiger partial charge in [-0.3, -0.25) is 4.79 Å². The largest absolute Gasteiger partial charge is 0.338 e. The molecule has 0 heterocycles. The van der Waals surface area contributed by atoms with Crippen LogP contribution in [0.5, 0.6) is 0 Å². The second-order valence-corrected chi connectivity index (χ2v) is 7.63. The summed E-state index contributed by atoms with van der Waals surface area (Å²) in [5, 5.41) is 8.06. The van der Waals surface area contributed by atoms with Crippen LogP contribution in [0.4, 0.5) is 16.2 Å². The molecule has 0 saturated heterocycles. The molecule has 2 aromatic rings. The Morgan fingerprint density at radius 3 is 2.22 bits per heavy atom. The summed E-state index contributed by atoms with van der Waals surface area (Å²) in [6.07, 6.45) is 1.55. The van der Waals surface area contributed by atoms with Crippen LogP contribution in [0.25, 0.3) is 0 Å². The van der Waals surface area contributed by atoms with Crippen LogP contribution in [0.15, 0.2) is 54.6 Å². The highest BCUT2D eigenvalue weighted by Crippen LogP contribution is 2.16. The second-order valence-electron chi connectivity index (χ2n) is 5.80. The number of carbonyl (C=O) groups is 2. The third-order valence-electron chi connectivity index (χ3n) is 3.42. The number of amides is 3. The highest BCUT2D eigenvalue weighted by atomic mass is 32.2. The van der Waals surface area contributed by atoms with Crippen LogP contribution >= 0.6 is 0 Å². The highest BCUT2D eigenvalue weighted by Gasteiger charge is 2.07. The number of hydrogen-bond acceptors (Lipinski definition) is 4. The zero-order chi connectivity index (χ0) is 19.7. The fraction of sp³-hybridized carbons (Fsp3) is 0.222. The summed E-state index contributed by atoms with van der Waals surface area (Å²) in [6.45, 7) is 0.568. The van der Waals surface area contributed by atoms with Gasteiger partial charge in [0.05, 0.1) is 6.26 Å². The summed E-state index contributed by atoms with van der Waals surface area (Å²) in [6, 6.07) is 15.2. The van der Waals surface area contributed by atoms with Crippen molar-refractivity contribution in [1.29, 1.82) is 0 Å². The van der Waals surface area contributed by atoms with Crippen molar-refractivity contribution in [2.45, 2.75) is 6.42 Å². The van der Waals surface area contributed by atoms with Gasteiger partial charge in [-0.25, -0.2) is 17.9 Å². The number of rotatable bonds is 8. The van der Waals surface area contributed by atoms with E-state index >= 15 is 0 Å². The van der Waals surface area contributed by atoms with Crippen LogP contribution in [0.2, 0.25) is 0 Å². The van der Waals surface area contributed by atoms with Crippen LogP contribution in [0.3, 0.4) is 0 Å². The minimum Gasteiger partial charge on any atom is -0.338 e. The van der Waals surface area contributed by atoms with Crippen LogP contribution in [-0.2, 0) is 10.0 Å². The maximum atomic E-state index is 12.2. The fourth-order valence-electron chi connectivity index (χ4n) is 2.19. The van der Waals surface area contributed by atoms with Gasteiger partial charge in [-0.2, -0.15) is 0 Å². The number of sulfonamides is 1. The smallest absolute Gasteiger partial charge is 0.319 e. The van der Waals surface area contributed by atoms with Gasteiger partial charge in [-0.15, -0.1) is 0 Å². The van der Waals surface area contributed by atoms with Gasteiger partial charge in [0.1, 0.15) is 0 Å². The van der Waals surface area contributed by atoms with Crippen molar-refractivity contribution in [3.63, 3.8) is 0 Å². The molecule has 3 amide bonds. The third-order valence-corrected chi connectivity index (χ3v) is 4.15. The lowest BCUT2D eigenvalue weighted by Gasteiger charge is -2.10. The van der Waals surface area contributed by atoms with E-state index in [9.17, 15) is 18.0 Å². The van der Waals surface area contributed by atoms with Crippen LogP contribution < -0.4 is 20.7 Å². The molecule has 2 rings (SSSR count). The van der Waals surface area contributed by atoms with Gasteiger partial charge in [0, 0.05) is 30.0 Å². The quantitative estimate of drug-likeness (QED) is 0.516. The van der Waals surface area contributed by atoms with Crippen LogP contribution in [-0.4, -0.2) is 39.7 Å². The average molecular weight is 390 g/mol. The summed E-state index contributed by atoms with van der Waals surface area (Å²) in [5.41, 5.74) is 1.61. The molecule has 0 atom stereocenters. The Hall–Kier alpha value is -2.91. The molecule has 0 saturated carbocycles. The minimum atomic E-state index is -3.22. The summed E-state index contributed by atoms with van der Waals surface area (Å²) in [4.78, 5) is 24.0. The molecule has 9 heteroatoms. The van der Waals surface area contributed by atoms with Gasteiger partial charge in [0.2, 0.25) is 10.0 Å². The molecule has 144 valence electrons. The summed E-state index contributed by atoms with van der Waals surface area (Å²) >= 11 is 0. The molecule has 0 aliphatic heterocycles. The van der Waals surface area contributed by atoms with Crippen molar-refractivity contribution in [3.05, 3.63) is 60.2 Å². The first kappa shape index (κ1) is 20.4. The van der Waals surface area contributed by atoms with Crippen molar-refractivity contribution in [3.8, 4) is 0 Å². The first-order valence-corrected chi connectivity index (χ1v) is 10.2. The molecule has 0 spiro atoms. The molecule has 2 aromatic carbocycles. The van der Waals surface area contributed by atoms with Gasteiger partial charge >= 0.3 is 6.03 Å². The highest BCUT2D eigenvalue weighted by molar-refractivity contribution is 7.88. The number of benzene rings is 2. The van der Waals surface area contributed by atoms with E-state index in [1.807, 2.05) is 6.07 Å². The monoisotopic (exact) mass is 390 g/mol. The van der Waals surface area contributed by atoms with Gasteiger partial charge in [0.15, 0.2) is 0 Å². The number of nitrogens with one attached hydrogen (secondary N) is 4. The molecule has 0 bridgehead atoms. The van der Waals surface area contributed by atoms with Gasteiger partial charge < -0.3 is 16.0 Å². The molecule has 8 nitrogen and oxygen atoms in total. The van der Waals surface area contributed by atoms with Crippen molar-refractivity contribution in [1.82, 2.24) is 10.0 Å². The van der Waals surface area contributed by atoms with E-state index in [2.05, 4.69) is 20.7 Å². The van der Waals surface area contributed by atoms with E-state index < -0.39 is 16.1 Å². The Kier molecular flexibility index (Phi) is 7.33. The molecular formula is C18H22N4O4S. The normalized spacial score (nSPS) is 10.9. The molecule has 4 N–H and O–H groups in total. The Labute approximate surface area is 158 Å². The lowest BCUT2D eigenvalue weighted by Crippen LogP contribution is -2.32. The lowest BCUT2D eigenvalue weighted by atomic mass is 10.2. The Balaban J connectivity index is 1.81. The molecule has 27 heavy (non-hydrogen) atoms. The number of carbonyl (C=O) groups excluding carboxylic acids is 2. The summed E-state index contributed by atoms with van der Waals surface area (Å²) in [5.74, 6) is -0.240. The first-order chi connectivity index (χ1) is 12.8. The zero-order valence-corrected chi connectivity index (χ0v) is 15.7. The van der Waals surface area contributed by atoms with E-state index in [4.69, 9.17) is 0 Å². The van der Waals surface area contributed by atoms with Crippen molar-refractivity contribution >= 4 is 33.3 Å². The maximum absolute atomic E-state index is 12.2. The topological polar surface area (TPSA) is 116 Å². The fourth-order valence-corrected chi connectivity index (χ4v) is 2.71. The predicted octanol–water partition coefficient (Wildman–Crippen LogP) is 2.00. The van der Waals surface area contributed by atoms with Gasteiger partial charge in [-0.05, 0) is 36.8 Å². The molecular weight excluding hydrogens is 368 g/mol. The standard InChI is InChI=1S/C18H22N4O4S/c1-27(25,26)20-12-6-11-19-18(24)22-16-10-5-9-15(13-16)21-17(23)14-7-3-2-4-8-14/h2-5,7-10,13,20H,6,11-12H2,1H3,(H,21,23)(H2,19,22,24). The molecule has 0 radical (unpaired) electrons. The molecule has 0 aromatic heterocycles. The van der Waals surface area contributed by atoms with Crippen molar-refractivity contribution < 1.29 is 18.0 Å². The molecule has 0 aliphatic carbocycles. The molecule has 0 fully saturated rings. The Morgan fingerprint density at radius 1 is 0.889 bits per heavy atom. The van der Waals surface area contributed by atoms with Crippen molar-refractivity contribution in [2.75, 3.05) is 30.0 Å². The van der Waals surface area contributed by atoms with Gasteiger partial charge in [-0.1, -0.05) is 24.3 Å². The second kappa shape index (κ2) is 9.70. The van der Waals surface area contributed by atoms with Crippen LogP contribution in [0, 0.1) is 0 Å². The summed E-state index contributed by atoms with van der Waals surface area (Å²) in [7, 11) is -3.22. The maximum Gasteiger partial charge on any atom is 0.319 e. The zero-order valence-electron chi connectivity index (χ0n) is 14.9. The Morgan fingerprint density at radius 2 is 1.56 bits per heavy atom. The van der Waals surface area contributed by atoms with E-state index in [-0.39, 0.29) is 12.5 Å². The first-order valence-electron chi connectivity index (χ1n) is 8.29. The van der Waals surface area contributed by atoms with E-state index in [1.54, 1.807) is 48.5 Å². The Bertz CT molecular complexity index is 885. The van der Waals surface area contributed by atoms with Gasteiger partial charge in [0.25, 0.3) is 5.91 Å². The molecule has 0 aliphatic rings. The van der Waals surface area contributed by atoms with E-state index in [0.29, 0.717) is 29.9 Å². The number of anilines is 2. The van der Waals surface area contributed by atoms with E-state index in [0.717, 1.165) is 6.26 Å². The lowest BCUT2D eigenvalue weighted by molar-refractivity contribution is 0.102. The SMILES string of the molecule is CS(=O)(=O)NCCCNC(=O)Nc1cccc(NC(=O)c2ccccc2)c1. The predicted molar refractivity (Wildman–Crippen MR) is 105 cm³/mol. The summed E-state index contributed by atoms with van der Waals surface area (Å²) < 4.78 is 24.2. The molecule has 0 unspecified atom stereocenters. The van der Waals surface area contributed by atoms with Crippen LogP contribution in [0.1, 0.15) is 16.8 Å². The third kappa shape index (κ3) is 7.89. The van der Waals surface area contributed by atoms with Crippen molar-refractivity contribution in [2.24, 2.45) is 0 Å². The minimum absolute atomic E-state index is 0.240.